The summed E-state index contributed by atoms with van der Waals surface area (Å²) in [7, 11) is 0. The van der Waals surface area contributed by atoms with Gasteiger partial charge < -0.3 is 0 Å². The number of hydrogen-bond acceptors (Lipinski definition) is 0. The van der Waals surface area contributed by atoms with Gasteiger partial charge in [0.2, 0.25) is 0 Å². The van der Waals surface area contributed by atoms with Crippen LogP contribution in [-0.2, 0) is 6.42 Å². The lowest BCUT2D eigenvalue weighted by molar-refractivity contribution is -0.440. The molecule has 1 aromatic carbocycles. The van der Waals surface area contributed by atoms with Crippen LogP contribution in [0.3, 0.4) is 0 Å². The summed E-state index contributed by atoms with van der Waals surface area (Å²) >= 11 is 0. The van der Waals surface area contributed by atoms with Gasteiger partial charge in [-0.25, -0.2) is 0 Å². The summed E-state index contributed by atoms with van der Waals surface area (Å²) in [6.45, 7) is 2.08. The summed E-state index contributed by atoms with van der Waals surface area (Å²) in [4.78, 5) is 0. The van der Waals surface area contributed by atoms with E-state index < -0.39 is 48.6 Å². The maximum atomic E-state index is 14.0. The normalized spacial score (nSPS) is 21.1. The molecule has 208 valence electrons. The van der Waals surface area contributed by atoms with Crippen LogP contribution in [0.25, 0.3) is 0 Å². The van der Waals surface area contributed by atoms with Gasteiger partial charge in [-0.1, -0.05) is 44.0 Å². The fraction of sp³-hybridized carbons (Fsp3) is 0.739. The molecule has 0 radical (unpaired) electrons. The van der Waals surface area contributed by atoms with E-state index in [4.69, 9.17) is 0 Å². The van der Waals surface area contributed by atoms with Crippen LogP contribution in [0.1, 0.15) is 68.9 Å². The van der Waals surface area contributed by atoms with Crippen molar-refractivity contribution >= 4 is 0 Å². The predicted molar refractivity (Wildman–Crippen MR) is 105 cm³/mol. The van der Waals surface area contributed by atoms with Gasteiger partial charge in [0.15, 0.2) is 0 Å². The molecule has 0 unspecified atom stereocenters. The molecule has 1 fully saturated rings. The number of hydrogen-bond donors (Lipinski definition) is 0. The molecule has 0 N–H and O–H groups in total. The van der Waals surface area contributed by atoms with E-state index in [1.807, 2.05) is 0 Å². The highest BCUT2D eigenvalue weighted by Gasteiger charge is 2.90. The first kappa shape index (κ1) is 30.5. The molecule has 0 spiro atoms. The van der Waals surface area contributed by atoms with Crippen molar-refractivity contribution in [3.05, 3.63) is 35.4 Å². The standard InChI is InChI=1S/C23H25F13/c1-2-3-14-4-8-16(9-5-14)17-10-6-15(7-11-17)12-13-18(24,25)19(26,27)20(28,29)21(30,31)22(32,33)23(34,35)36/h6-7,10-11,14,16H,2-5,8-9,12-13H2,1H3/t14-,16-. The van der Waals surface area contributed by atoms with E-state index in [0.29, 0.717) is 5.92 Å². The number of rotatable bonds is 10. The molecule has 1 aliphatic carbocycles. The minimum atomic E-state index is -7.86. The Kier molecular flexibility index (Phi) is 8.67. The topological polar surface area (TPSA) is 0 Å². The Morgan fingerprint density at radius 1 is 0.639 bits per heavy atom. The molecule has 13 heteroatoms. The van der Waals surface area contributed by atoms with Gasteiger partial charge in [-0.05, 0) is 55.1 Å². The molecule has 0 aromatic heterocycles. The maximum Gasteiger partial charge on any atom is 0.460 e. The molecule has 1 saturated carbocycles. The Balaban J connectivity index is 2.12. The predicted octanol–water partition coefficient (Wildman–Crippen LogP) is 9.43. The smallest absolute Gasteiger partial charge is 0.200 e. The van der Waals surface area contributed by atoms with E-state index in [1.165, 1.54) is 24.3 Å². The number of halogens is 13. The third kappa shape index (κ3) is 5.44. The van der Waals surface area contributed by atoms with Gasteiger partial charge in [-0.15, -0.1) is 0 Å². The second kappa shape index (κ2) is 10.2. The van der Waals surface area contributed by atoms with Gasteiger partial charge in [0.1, 0.15) is 0 Å². The van der Waals surface area contributed by atoms with Gasteiger partial charge >= 0.3 is 35.8 Å². The molecular weight excluding hydrogens is 523 g/mol. The molecule has 0 heterocycles. The van der Waals surface area contributed by atoms with Crippen LogP contribution >= 0.6 is 0 Å². The van der Waals surface area contributed by atoms with E-state index in [0.717, 1.165) is 44.1 Å². The third-order valence-corrected chi connectivity index (χ3v) is 6.72. The lowest BCUT2D eigenvalue weighted by atomic mass is 9.77. The molecule has 0 saturated heterocycles. The van der Waals surface area contributed by atoms with Crippen LogP contribution < -0.4 is 0 Å². The Labute approximate surface area is 199 Å². The minimum absolute atomic E-state index is 0.0652. The molecular formula is C23H25F13. The fourth-order valence-corrected chi connectivity index (χ4v) is 4.41. The number of benzene rings is 1. The van der Waals surface area contributed by atoms with E-state index in [2.05, 4.69) is 6.92 Å². The van der Waals surface area contributed by atoms with Crippen LogP contribution in [-0.4, -0.2) is 35.8 Å². The van der Waals surface area contributed by atoms with Crippen LogP contribution in [0.15, 0.2) is 24.3 Å². The summed E-state index contributed by atoms with van der Waals surface area (Å²) in [6.07, 6.45) is -4.76. The second-order valence-electron chi connectivity index (χ2n) is 9.25. The molecule has 0 amide bonds. The Hall–Kier alpha value is -1.69. The maximum absolute atomic E-state index is 14.0. The van der Waals surface area contributed by atoms with Crippen molar-refractivity contribution < 1.29 is 57.1 Å². The zero-order chi connectivity index (χ0) is 27.8. The van der Waals surface area contributed by atoms with E-state index in [1.54, 1.807) is 0 Å². The molecule has 0 atom stereocenters. The Bertz CT molecular complexity index is 848. The van der Waals surface area contributed by atoms with Crippen molar-refractivity contribution in [3.63, 3.8) is 0 Å². The minimum Gasteiger partial charge on any atom is -0.200 e. The quantitative estimate of drug-likeness (QED) is 0.256. The lowest BCUT2D eigenvalue weighted by Crippen LogP contribution is -2.70. The van der Waals surface area contributed by atoms with E-state index in [-0.39, 0.29) is 11.5 Å². The first-order chi connectivity index (χ1) is 16.2. The van der Waals surface area contributed by atoms with E-state index in [9.17, 15) is 57.1 Å². The summed E-state index contributed by atoms with van der Waals surface area (Å²) in [5.41, 5.74) is 0.774. The Morgan fingerprint density at radius 3 is 1.56 bits per heavy atom. The average molecular weight is 548 g/mol. The SMILES string of the molecule is CCC[C@H]1CC[C@H](c2ccc(CCC(F)(F)C(F)(F)C(F)(F)C(F)(F)C(F)(F)C(F)(F)F)cc2)CC1. The molecule has 0 aliphatic heterocycles. The zero-order valence-corrected chi connectivity index (χ0v) is 19.0. The van der Waals surface area contributed by atoms with Gasteiger partial charge in [0, 0.05) is 6.42 Å². The highest BCUT2D eigenvalue weighted by molar-refractivity contribution is 5.26. The molecule has 0 nitrogen and oxygen atoms in total. The summed E-state index contributed by atoms with van der Waals surface area (Å²) in [5, 5.41) is 0. The van der Waals surface area contributed by atoms with Crippen molar-refractivity contribution in [1.82, 2.24) is 0 Å². The first-order valence-corrected chi connectivity index (χ1v) is 11.3. The first-order valence-electron chi connectivity index (χ1n) is 11.3. The van der Waals surface area contributed by atoms with Gasteiger partial charge in [-0.2, -0.15) is 57.1 Å². The summed E-state index contributed by atoms with van der Waals surface area (Å²) in [5.74, 6) is -35.8. The van der Waals surface area contributed by atoms with Crippen LogP contribution in [0.5, 0.6) is 0 Å². The second-order valence-corrected chi connectivity index (χ2v) is 9.25. The monoisotopic (exact) mass is 548 g/mol. The Morgan fingerprint density at radius 2 is 1.11 bits per heavy atom. The molecule has 1 aliphatic rings. The lowest BCUT2D eigenvalue weighted by Gasteiger charge is -2.39. The van der Waals surface area contributed by atoms with Crippen LogP contribution in [0, 0.1) is 5.92 Å². The molecule has 2 rings (SSSR count). The van der Waals surface area contributed by atoms with Crippen molar-refractivity contribution in [2.75, 3.05) is 0 Å². The molecule has 0 bridgehead atoms. The van der Waals surface area contributed by atoms with Crippen molar-refractivity contribution in [3.8, 4) is 0 Å². The summed E-state index contributed by atoms with van der Waals surface area (Å²) < 4.78 is 172. The largest absolute Gasteiger partial charge is 0.460 e. The van der Waals surface area contributed by atoms with Crippen LogP contribution in [0.2, 0.25) is 0 Å². The third-order valence-electron chi connectivity index (χ3n) is 6.72. The van der Waals surface area contributed by atoms with E-state index >= 15 is 0 Å². The highest BCUT2D eigenvalue weighted by Crippen LogP contribution is 2.60. The molecule has 1 aromatic rings. The average Bonchev–Trinajstić information content (AvgIpc) is 2.77. The van der Waals surface area contributed by atoms with Gasteiger partial charge in [0.05, 0.1) is 0 Å². The fourth-order valence-electron chi connectivity index (χ4n) is 4.41. The van der Waals surface area contributed by atoms with Crippen molar-refractivity contribution in [2.45, 2.75) is 100.0 Å². The zero-order valence-electron chi connectivity index (χ0n) is 19.0. The van der Waals surface area contributed by atoms with Gasteiger partial charge in [-0.3, -0.25) is 0 Å². The van der Waals surface area contributed by atoms with Crippen molar-refractivity contribution in [2.24, 2.45) is 5.92 Å². The van der Waals surface area contributed by atoms with Crippen LogP contribution in [0.4, 0.5) is 57.1 Å². The van der Waals surface area contributed by atoms with Crippen molar-refractivity contribution in [1.29, 1.82) is 0 Å². The summed E-state index contributed by atoms with van der Waals surface area (Å²) in [6, 6.07) is 5.57. The van der Waals surface area contributed by atoms with Gasteiger partial charge in [0.25, 0.3) is 0 Å². The number of alkyl halides is 13. The molecule has 36 heavy (non-hydrogen) atoms. The number of aryl methyl sites for hydroxylation is 1. The highest BCUT2D eigenvalue weighted by atomic mass is 19.4.